The largest absolute Gasteiger partial charge is 0.379 e. The molecule has 0 bridgehead atoms. The van der Waals surface area contributed by atoms with E-state index in [1.54, 1.807) is 12.1 Å². The fraction of sp³-hybridized carbons (Fsp3) is 0.500. The number of nitrogens with zero attached hydrogens (tertiary/aromatic N) is 1. The topological polar surface area (TPSA) is 31.4 Å². The lowest BCUT2D eigenvalue weighted by atomic mass is 10.3. The Labute approximate surface area is 99.3 Å². The first-order valence-corrected chi connectivity index (χ1v) is 5.46. The van der Waals surface area contributed by atoms with E-state index in [9.17, 15) is 0 Å². The van der Waals surface area contributed by atoms with E-state index in [4.69, 9.17) is 32.7 Å². The Bertz CT molecular complexity index is 307. The molecule has 0 aromatic carbocycles. The molecule has 0 spiro atoms. The summed E-state index contributed by atoms with van der Waals surface area (Å²) in [7, 11) is 0. The third-order valence-corrected chi connectivity index (χ3v) is 2.26. The van der Waals surface area contributed by atoms with Gasteiger partial charge in [0, 0.05) is 12.2 Å². The van der Waals surface area contributed by atoms with Crippen LogP contribution in [-0.4, -0.2) is 24.8 Å². The molecule has 0 saturated carbocycles. The molecule has 1 aromatic rings. The molecule has 0 amide bonds. The Hall–Kier alpha value is -0.350. The first-order chi connectivity index (χ1) is 7.24. The average molecular weight is 250 g/mol. The normalized spacial score (nSPS) is 10.6. The molecule has 0 aliphatic rings. The van der Waals surface area contributed by atoms with Crippen molar-refractivity contribution in [3.8, 4) is 0 Å². The number of hydrogen-bond acceptors (Lipinski definition) is 3. The summed E-state index contributed by atoms with van der Waals surface area (Å²) in [6.07, 6.45) is 0. The van der Waals surface area contributed by atoms with Crippen LogP contribution in [0.3, 0.4) is 0 Å². The van der Waals surface area contributed by atoms with Gasteiger partial charge in [-0.25, -0.2) is 4.98 Å². The zero-order chi connectivity index (χ0) is 11.1. The maximum atomic E-state index is 5.86. The molecule has 0 aliphatic carbocycles. The van der Waals surface area contributed by atoms with Crippen LogP contribution in [0.15, 0.2) is 12.1 Å². The Balaban J connectivity index is 2.31. The standard InChI is InChI=1S/C10H13Cl2NO2/c1-2-14-5-6-15-7-8-3-4-9(11)13-10(8)12/h3-4H,2,5-7H2,1H3. The van der Waals surface area contributed by atoms with E-state index in [-0.39, 0.29) is 0 Å². The second-order valence-corrected chi connectivity index (χ2v) is 3.58. The van der Waals surface area contributed by atoms with E-state index in [0.29, 0.717) is 36.7 Å². The van der Waals surface area contributed by atoms with Crippen LogP contribution in [0.1, 0.15) is 12.5 Å². The fourth-order valence-corrected chi connectivity index (χ4v) is 1.39. The average Bonchev–Trinajstić information content (AvgIpc) is 2.20. The molecule has 0 N–H and O–H groups in total. The Morgan fingerprint density at radius 3 is 2.60 bits per heavy atom. The third kappa shape index (κ3) is 4.80. The van der Waals surface area contributed by atoms with Crippen LogP contribution >= 0.6 is 23.2 Å². The van der Waals surface area contributed by atoms with Gasteiger partial charge < -0.3 is 9.47 Å². The Morgan fingerprint density at radius 2 is 1.93 bits per heavy atom. The minimum Gasteiger partial charge on any atom is -0.379 e. The van der Waals surface area contributed by atoms with Crippen molar-refractivity contribution in [3.63, 3.8) is 0 Å². The monoisotopic (exact) mass is 249 g/mol. The zero-order valence-corrected chi connectivity index (χ0v) is 10.0. The van der Waals surface area contributed by atoms with Gasteiger partial charge in [0.25, 0.3) is 0 Å². The molecule has 0 radical (unpaired) electrons. The van der Waals surface area contributed by atoms with Crippen molar-refractivity contribution in [1.82, 2.24) is 4.98 Å². The Morgan fingerprint density at radius 1 is 1.20 bits per heavy atom. The van der Waals surface area contributed by atoms with Crippen molar-refractivity contribution >= 4 is 23.2 Å². The van der Waals surface area contributed by atoms with Gasteiger partial charge in [0.15, 0.2) is 0 Å². The molecule has 1 aromatic heterocycles. The van der Waals surface area contributed by atoms with E-state index in [0.717, 1.165) is 5.56 Å². The molecule has 0 unspecified atom stereocenters. The predicted octanol–water partition coefficient (Wildman–Crippen LogP) is 2.94. The molecule has 0 fully saturated rings. The molecular weight excluding hydrogens is 237 g/mol. The summed E-state index contributed by atoms with van der Waals surface area (Å²) in [6, 6.07) is 3.49. The second-order valence-electron chi connectivity index (χ2n) is 2.83. The molecule has 15 heavy (non-hydrogen) atoms. The lowest BCUT2D eigenvalue weighted by Gasteiger charge is -2.05. The summed E-state index contributed by atoms with van der Waals surface area (Å²) in [5, 5.41) is 0.775. The maximum Gasteiger partial charge on any atom is 0.136 e. The van der Waals surface area contributed by atoms with E-state index in [1.807, 2.05) is 6.92 Å². The van der Waals surface area contributed by atoms with Crippen molar-refractivity contribution in [1.29, 1.82) is 0 Å². The van der Waals surface area contributed by atoms with Crippen LogP contribution in [0, 0.1) is 0 Å². The van der Waals surface area contributed by atoms with Gasteiger partial charge in [0.2, 0.25) is 0 Å². The summed E-state index contributed by atoms with van der Waals surface area (Å²) in [5.41, 5.74) is 0.831. The van der Waals surface area contributed by atoms with Gasteiger partial charge in [-0.15, -0.1) is 0 Å². The number of ether oxygens (including phenoxy) is 2. The first-order valence-electron chi connectivity index (χ1n) is 4.70. The number of pyridine rings is 1. The van der Waals surface area contributed by atoms with E-state index >= 15 is 0 Å². The molecule has 0 atom stereocenters. The van der Waals surface area contributed by atoms with Gasteiger partial charge in [0.1, 0.15) is 10.3 Å². The Kier molecular flexibility index (Phi) is 5.95. The van der Waals surface area contributed by atoms with Crippen molar-refractivity contribution in [2.24, 2.45) is 0 Å². The van der Waals surface area contributed by atoms with Gasteiger partial charge >= 0.3 is 0 Å². The van der Waals surface area contributed by atoms with Gasteiger partial charge in [-0.1, -0.05) is 29.3 Å². The van der Waals surface area contributed by atoms with Crippen molar-refractivity contribution < 1.29 is 9.47 Å². The molecule has 0 saturated heterocycles. The highest BCUT2D eigenvalue weighted by Crippen LogP contribution is 2.17. The van der Waals surface area contributed by atoms with Gasteiger partial charge in [-0.2, -0.15) is 0 Å². The lowest BCUT2D eigenvalue weighted by molar-refractivity contribution is 0.0452. The molecule has 84 valence electrons. The maximum absolute atomic E-state index is 5.86. The summed E-state index contributed by atoms with van der Waals surface area (Å²) < 4.78 is 10.5. The van der Waals surface area contributed by atoms with E-state index < -0.39 is 0 Å². The van der Waals surface area contributed by atoms with Crippen molar-refractivity contribution in [3.05, 3.63) is 28.0 Å². The third-order valence-electron chi connectivity index (χ3n) is 1.73. The summed E-state index contributed by atoms with van der Waals surface area (Å²) in [6.45, 7) is 4.21. The highest BCUT2D eigenvalue weighted by Gasteiger charge is 2.02. The summed E-state index contributed by atoms with van der Waals surface area (Å²) in [5.74, 6) is 0. The molecule has 1 rings (SSSR count). The second kappa shape index (κ2) is 7.01. The van der Waals surface area contributed by atoms with Crippen molar-refractivity contribution in [2.45, 2.75) is 13.5 Å². The molecule has 1 heterocycles. The first kappa shape index (κ1) is 12.7. The quantitative estimate of drug-likeness (QED) is 0.574. The number of aromatic nitrogens is 1. The molecular formula is C10H13Cl2NO2. The minimum absolute atomic E-state index is 0.387. The van der Waals surface area contributed by atoms with Crippen LogP contribution in [0.25, 0.3) is 0 Å². The van der Waals surface area contributed by atoms with Gasteiger partial charge in [0.05, 0.1) is 19.8 Å². The number of hydrogen-bond donors (Lipinski definition) is 0. The molecule has 5 heteroatoms. The van der Waals surface area contributed by atoms with E-state index in [1.165, 1.54) is 0 Å². The van der Waals surface area contributed by atoms with Gasteiger partial charge in [-0.3, -0.25) is 0 Å². The summed E-state index contributed by atoms with van der Waals surface area (Å²) >= 11 is 11.5. The lowest BCUT2D eigenvalue weighted by Crippen LogP contribution is -2.04. The number of rotatable bonds is 6. The van der Waals surface area contributed by atoms with Crippen molar-refractivity contribution in [2.75, 3.05) is 19.8 Å². The van der Waals surface area contributed by atoms with Gasteiger partial charge in [-0.05, 0) is 13.0 Å². The highest BCUT2D eigenvalue weighted by atomic mass is 35.5. The van der Waals surface area contributed by atoms with Crippen LogP contribution in [-0.2, 0) is 16.1 Å². The SMILES string of the molecule is CCOCCOCc1ccc(Cl)nc1Cl. The minimum atomic E-state index is 0.387. The predicted molar refractivity (Wildman–Crippen MR) is 60.4 cm³/mol. The van der Waals surface area contributed by atoms with Crippen LogP contribution in [0.2, 0.25) is 10.3 Å². The van der Waals surface area contributed by atoms with Crippen LogP contribution in [0.4, 0.5) is 0 Å². The summed E-state index contributed by atoms with van der Waals surface area (Å²) in [4.78, 5) is 3.91. The fourth-order valence-electron chi connectivity index (χ4n) is 0.993. The molecule has 3 nitrogen and oxygen atoms in total. The zero-order valence-electron chi connectivity index (χ0n) is 8.50. The highest BCUT2D eigenvalue weighted by molar-refractivity contribution is 6.32. The molecule has 0 aliphatic heterocycles. The number of halogens is 2. The van der Waals surface area contributed by atoms with Crippen LogP contribution in [0.5, 0.6) is 0 Å². The van der Waals surface area contributed by atoms with Crippen LogP contribution < -0.4 is 0 Å². The smallest absolute Gasteiger partial charge is 0.136 e. The van der Waals surface area contributed by atoms with E-state index in [2.05, 4.69) is 4.98 Å².